The Bertz CT molecular complexity index is 947. The highest BCUT2D eigenvalue weighted by Crippen LogP contribution is 2.32. The fourth-order valence-corrected chi connectivity index (χ4v) is 3.14. The van der Waals surface area contributed by atoms with Crippen molar-refractivity contribution in [3.63, 3.8) is 0 Å². The lowest BCUT2D eigenvalue weighted by molar-refractivity contribution is -0.386. The molecule has 1 aromatic carbocycles. The molecule has 0 atom stereocenters. The molecule has 0 radical (unpaired) electrons. The molecular formula is C17H16ClN3O. The van der Waals surface area contributed by atoms with Crippen LogP contribution in [0.3, 0.4) is 0 Å². The standard InChI is InChI=1S/C17H15N3O.ClH/c1-10-6-15-16-12(9-20(15)17(21)13(10)8-18)7-11-4-2-3-5-14(11)19-16;/h2-7H,8-9,18H2,1H3;1H. The summed E-state index contributed by atoms with van der Waals surface area (Å²) < 4.78 is 1.82. The lowest BCUT2D eigenvalue weighted by Crippen LogP contribution is -3.00. The van der Waals surface area contributed by atoms with Gasteiger partial charge >= 0.3 is 0 Å². The van der Waals surface area contributed by atoms with E-state index in [1.54, 1.807) is 0 Å². The Kier molecular flexibility index (Phi) is 3.51. The molecule has 0 fully saturated rings. The van der Waals surface area contributed by atoms with Gasteiger partial charge in [0.05, 0.1) is 29.0 Å². The van der Waals surface area contributed by atoms with Gasteiger partial charge in [-0.2, -0.15) is 0 Å². The number of hydrogen-bond acceptors (Lipinski definition) is 2. The highest BCUT2D eigenvalue weighted by molar-refractivity contribution is 5.83. The van der Waals surface area contributed by atoms with Gasteiger partial charge in [-0.05, 0) is 30.7 Å². The van der Waals surface area contributed by atoms with E-state index < -0.39 is 0 Å². The van der Waals surface area contributed by atoms with Crippen LogP contribution in [-0.2, 0) is 13.1 Å². The first kappa shape index (κ1) is 14.8. The zero-order valence-corrected chi connectivity index (χ0v) is 13.0. The first-order chi connectivity index (χ1) is 10.2. The maximum absolute atomic E-state index is 12.6. The molecule has 3 N–H and O–H groups in total. The molecule has 0 saturated carbocycles. The van der Waals surface area contributed by atoms with E-state index >= 15 is 0 Å². The molecule has 3 aromatic rings. The van der Waals surface area contributed by atoms with E-state index in [2.05, 4.69) is 23.9 Å². The van der Waals surface area contributed by atoms with Gasteiger partial charge in [-0.1, -0.05) is 18.2 Å². The van der Waals surface area contributed by atoms with Crippen molar-refractivity contribution < 1.29 is 18.1 Å². The largest absolute Gasteiger partial charge is 1.00 e. The number of aryl methyl sites for hydroxylation is 1. The Morgan fingerprint density at radius 2 is 2.05 bits per heavy atom. The average molecular weight is 314 g/mol. The summed E-state index contributed by atoms with van der Waals surface area (Å²) in [7, 11) is 0. The van der Waals surface area contributed by atoms with Gasteiger partial charge in [0.1, 0.15) is 6.54 Å². The number of quaternary nitrogens is 1. The smallest absolute Gasteiger partial charge is 0.260 e. The molecule has 0 saturated heterocycles. The molecule has 4 nitrogen and oxygen atoms in total. The molecule has 4 rings (SSSR count). The fourth-order valence-electron chi connectivity index (χ4n) is 3.14. The monoisotopic (exact) mass is 313 g/mol. The zero-order valence-electron chi connectivity index (χ0n) is 12.3. The molecule has 0 spiro atoms. The SMILES string of the molecule is Cc1cc2n(c(=O)c1C[NH3+])Cc1cc3ccccc3nc1-2.[Cl-]. The normalized spacial score (nSPS) is 11.9. The van der Waals surface area contributed by atoms with Gasteiger partial charge in [0.15, 0.2) is 0 Å². The van der Waals surface area contributed by atoms with E-state index in [0.717, 1.165) is 39.0 Å². The van der Waals surface area contributed by atoms with Crippen LogP contribution < -0.4 is 23.7 Å². The van der Waals surface area contributed by atoms with Crippen LogP contribution in [0.4, 0.5) is 0 Å². The summed E-state index contributed by atoms with van der Waals surface area (Å²) in [6.45, 7) is 3.10. The summed E-state index contributed by atoms with van der Waals surface area (Å²) >= 11 is 0. The van der Waals surface area contributed by atoms with Gasteiger partial charge in [0.25, 0.3) is 5.56 Å². The fraction of sp³-hybridized carbons (Fsp3) is 0.176. The Balaban J connectivity index is 0.00000144. The molecule has 0 aliphatic carbocycles. The van der Waals surface area contributed by atoms with Crippen LogP contribution in [0.2, 0.25) is 0 Å². The Labute approximate surface area is 134 Å². The van der Waals surface area contributed by atoms with E-state index in [4.69, 9.17) is 4.98 Å². The van der Waals surface area contributed by atoms with E-state index in [-0.39, 0.29) is 18.0 Å². The summed E-state index contributed by atoms with van der Waals surface area (Å²) in [6, 6.07) is 12.3. The van der Waals surface area contributed by atoms with Crippen LogP contribution in [0.5, 0.6) is 0 Å². The summed E-state index contributed by atoms with van der Waals surface area (Å²) in [5.41, 5.74) is 9.69. The Hall–Kier alpha value is -2.17. The zero-order chi connectivity index (χ0) is 14.6. The van der Waals surface area contributed by atoms with Gasteiger partial charge in [0, 0.05) is 10.9 Å². The first-order valence-corrected chi connectivity index (χ1v) is 7.10. The van der Waals surface area contributed by atoms with Crippen molar-refractivity contribution in [1.82, 2.24) is 9.55 Å². The summed E-state index contributed by atoms with van der Waals surface area (Å²) in [6.07, 6.45) is 0. The number of aromatic nitrogens is 2. The predicted octanol–water partition coefficient (Wildman–Crippen LogP) is -1.52. The quantitative estimate of drug-likeness (QED) is 0.464. The van der Waals surface area contributed by atoms with Crippen LogP contribution in [0.25, 0.3) is 22.3 Å². The third kappa shape index (κ3) is 1.95. The number of hydrogen-bond donors (Lipinski definition) is 1. The number of pyridine rings is 2. The first-order valence-electron chi connectivity index (χ1n) is 7.10. The second-order valence-corrected chi connectivity index (χ2v) is 5.52. The van der Waals surface area contributed by atoms with Crippen LogP contribution in [-0.4, -0.2) is 9.55 Å². The number of benzene rings is 1. The van der Waals surface area contributed by atoms with E-state index in [0.29, 0.717) is 13.1 Å². The molecule has 112 valence electrons. The highest BCUT2D eigenvalue weighted by atomic mass is 35.5. The minimum Gasteiger partial charge on any atom is -1.00 e. The van der Waals surface area contributed by atoms with Gasteiger partial charge in [-0.15, -0.1) is 0 Å². The molecule has 2 aromatic heterocycles. The third-order valence-corrected chi connectivity index (χ3v) is 4.25. The van der Waals surface area contributed by atoms with Crippen LogP contribution in [0.15, 0.2) is 41.2 Å². The van der Waals surface area contributed by atoms with Crippen molar-refractivity contribution >= 4 is 10.9 Å². The van der Waals surface area contributed by atoms with Crippen molar-refractivity contribution in [3.8, 4) is 11.4 Å². The summed E-state index contributed by atoms with van der Waals surface area (Å²) in [5, 5.41) is 1.12. The van der Waals surface area contributed by atoms with Crippen molar-refractivity contribution in [2.45, 2.75) is 20.0 Å². The maximum Gasteiger partial charge on any atom is 0.260 e. The lowest BCUT2D eigenvalue weighted by Gasteiger charge is -2.07. The van der Waals surface area contributed by atoms with Gasteiger partial charge in [0.2, 0.25) is 0 Å². The second kappa shape index (κ2) is 5.23. The highest BCUT2D eigenvalue weighted by Gasteiger charge is 2.24. The van der Waals surface area contributed by atoms with Crippen molar-refractivity contribution in [3.05, 3.63) is 63.4 Å². The van der Waals surface area contributed by atoms with Crippen molar-refractivity contribution in [2.75, 3.05) is 0 Å². The third-order valence-electron chi connectivity index (χ3n) is 4.25. The Morgan fingerprint density at radius 1 is 1.27 bits per heavy atom. The van der Waals surface area contributed by atoms with Gasteiger partial charge in [-0.3, -0.25) is 4.79 Å². The summed E-state index contributed by atoms with van der Waals surface area (Å²) in [5.74, 6) is 0. The van der Waals surface area contributed by atoms with E-state index in [1.165, 1.54) is 0 Å². The number of para-hydroxylation sites is 1. The molecule has 3 heterocycles. The number of rotatable bonds is 1. The maximum atomic E-state index is 12.6. The number of halogens is 1. The molecule has 1 aliphatic heterocycles. The van der Waals surface area contributed by atoms with Crippen LogP contribution in [0.1, 0.15) is 16.7 Å². The number of fused-ring (bicyclic) bond motifs is 4. The topological polar surface area (TPSA) is 62.5 Å². The molecule has 0 amide bonds. The molecule has 0 bridgehead atoms. The molecular weight excluding hydrogens is 298 g/mol. The van der Waals surface area contributed by atoms with Gasteiger partial charge < -0.3 is 22.7 Å². The molecule has 22 heavy (non-hydrogen) atoms. The molecule has 1 aliphatic rings. The predicted molar refractivity (Wildman–Crippen MR) is 81.9 cm³/mol. The number of nitrogens with zero attached hydrogens (tertiary/aromatic N) is 2. The average Bonchev–Trinajstić information content (AvgIpc) is 2.83. The molecule has 0 unspecified atom stereocenters. The van der Waals surface area contributed by atoms with Gasteiger partial charge in [-0.25, -0.2) is 4.98 Å². The minimum atomic E-state index is 0. The van der Waals surface area contributed by atoms with Crippen LogP contribution in [0, 0.1) is 6.92 Å². The van der Waals surface area contributed by atoms with Crippen molar-refractivity contribution in [1.29, 1.82) is 0 Å². The van der Waals surface area contributed by atoms with Crippen molar-refractivity contribution in [2.24, 2.45) is 0 Å². The van der Waals surface area contributed by atoms with Crippen LogP contribution >= 0.6 is 0 Å². The lowest BCUT2D eigenvalue weighted by atomic mass is 10.1. The second-order valence-electron chi connectivity index (χ2n) is 5.52. The molecule has 5 heteroatoms. The Morgan fingerprint density at radius 3 is 2.82 bits per heavy atom. The van der Waals surface area contributed by atoms with E-state index in [9.17, 15) is 4.79 Å². The minimum absolute atomic E-state index is 0. The van der Waals surface area contributed by atoms with E-state index in [1.807, 2.05) is 29.7 Å². The summed E-state index contributed by atoms with van der Waals surface area (Å²) in [4.78, 5) is 17.3.